The number of alkyl halides is 3. The molecule has 2 rings (SSSR count). The van der Waals surface area contributed by atoms with Gasteiger partial charge in [0.15, 0.2) is 5.69 Å². The largest absolute Gasteiger partial charge is 0.480 e. The number of aliphatic carboxylic acids is 1. The Hall–Kier alpha value is -2.84. The number of oxazole rings is 1. The highest BCUT2D eigenvalue weighted by atomic mass is 19.4. The summed E-state index contributed by atoms with van der Waals surface area (Å²) in [6, 6.07) is 3.17. The van der Waals surface area contributed by atoms with E-state index in [4.69, 9.17) is 9.52 Å². The maximum Gasteiger partial charge on any atom is 0.416 e. The van der Waals surface area contributed by atoms with Crippen molar-refractivity contribution in [3.05, 3.63) is 41.3 Å². The highest BCUT2D eigenvalue weighted by molar-refractivity contribution is 5.96. The Morgan fingerprint density at radius 1 is 1.33 bits per heavy atom. The quantitative estimate of drug-likeness (QED) is 0.891. The zero-order valence-electron chi connectivity index (χ0n) is 12.6. The first kappa shape index (κ1) is 17.5. The van der Waals surface area contributed by atoms with Crippen LogP contribution < -0.4 is 5.32 Å². The molecule has 0 saturated carbocycles. The van der Waals surface area contributed by atoms with Crippen LogP contribution in [0.1, 0.15) is 28.7 Å². The van der Waals surface area contributed by atoms with Crippen molar-refractivity contribution >= 4 is 11.9 Å². The molecule has 0 spiro atoms. The molecule has 0 fully saturated rings. The summed E-state index contributed by atoms with van der Waals surface area (Å²) < 4.78 is 43.5. The summed E-state index contributed by atoms with van der Waals surface area (Å²) in [7, 11) is 0. The number of nitrogens with zero attached hydrogens (tertiary/aromatic N) is 1. The lowest BCUT2D eigenvalue weighted by atomic mass is 10.1. The number of carboxylic acids is 1. The Bertz CT molecular complexity index is 783. The summed E-state index contributed by atoms with van der Waals surface area (Å²) in [6.45, 7) is 2.67. The lowest BCUT2D eigenvalue weighted by molar-refractivity contribution is -0.139. The van der Waals surface area contributed by atoms with Gasteiger partial charge in [-0.2, -0.15) is 13.2 Å². The average Bonchev–Trinajstić information content (AvgIpc) is 2.88. The summed E-state index contributed by atoms with van der Waals surface area (Å²) >= 11 is 0. The number of hydrogen-bond donors (Lipinski definition) is 2. The Kier molecular flexibility index (Phi) is 4.63. The zero-order valence-corrected chi connectivity index (χ0v) is 12.6. The number of rotatable bonds is 4. The first-order chi connectivity index (χ1) is 11.1. The average molecular weight is 342 g/mol. The third-order valence-corrected chi connectivity index (χ3v) is 3.17. The highest BCUT2D eigenvalue weighted by Gasteiger charge is 2.31. The van der Waals surface area contributed by atoms with Crippen molar-refractivity contribution in [1.29, 1.82) is 0 Å². The van der Waals surface area contributed by atoms with Gasteiger partial charge < -0.3 is 14.8 Å². The van der Waals surface area contributed by atoms with E-state index in [1.165, 1.54) is 26.0 Å². The minimum Gasteiger partial charge on any atom is -0.480 e. The molecule has 0 aliphatic rings. The van der Waals surface area contributed by atoms with E-state index in [1.807, 2.05) is 0 Å². The third-order valence-electron chi connectivity index (χ3n) is 3.17. The second kappa shape index (κ2) is 6.34. The summed E-state index contributed by atoms with van der Waals surface area (Å²) in [4.78, 5) is 26.6. The summed E-state index contributed by atoms with van der Waals surface area (Å²) in [5, 5.41) is 11.0. The molecule has 1 amide bonds. The Morgan fingerprint density at radius 3 is 2.58 bits per heavy atom. The van der Waals surface area contributed by atoms with Gasteiger partial charge in [0.2, 0.25) is 5.89 Å². The molecule has 1 aromatic heterocycles. The number of carbonyl (C=O) groups is 2. The van der Waals surface area contributed by atoms with Gasteiger partial charge in [-0.1, -0.05) is 6.07 Å². The van der Waals surface area contributed by atoms with Crippen LogP contribution in [0.15, 0.2) is 28.7 Å². The summed E-state index contributed by atoms with van der Waals surface area (Å²) in [6.07, 6.45) is -4.52. The second-order valence-corrected chi connectivity index (χ2v) is 5.04. The molecule has 0 unspecified atom stereocenters. The molecule has 6 nitrogen and oxygen atoms in total. The van der Waals surface area contributed by atoms with Crippen molar-refractivity contribution in [3.63, 3.8) is 0 Å². The van der Waals surface area contributed by atoms with E-state index in [0.29, 0.717) is 0 Å². The predicted octanol–water partition coefficient (Wildman–Crippen LogP) is 2.87. The molecule has 0 aliphatic carbocycles. The van der Waals surface area contributed by atoms with Crippen LogP contribution in [-0.2, 0) is 11.0 Å². The Balaban J connectivity index is 2.32. The van der Waals surface area contributed by atoms with Crippen molar-refractivity contribution in [2.75, 3.05) is 0 Å². The molecular formula is C15H13F3N2O4. The molecule has 2 N–H and O–H groups in total. The molecular weight excluding hydrogens is 329 g/mol. The standard InChI is InChI=1S/C15H13F3N2O4/c1-7(14(22)23)19-12(21)11-8(2)24-13(20-11)9-4-3-5-10(6-9)15(16,17)18/h3-7H,1-2H3,(H,19,21)(H,22,23)/t7-/m0/s1. The minimum atomic E-state index is -4.52. The highest BCUT2D eigenvalue weighted by Crippen LogP contribution is 2.32. The van der Waals surface area contributed by atoms with E-state index in [-0.39, 0.29) is 22.9 Å². The normalized spacial score (nSPS) is 12.7. The molecule has 0 radical (unpaired) electrons. The Morgan fingerprint density at radius 2 is 2.00 bits per heavy atom. The van der Waals surface area contributed by atoms with E-state index in [2.05, 4.69) is 10.3 Å². The fraction of sp³-hybridized carbons (Fsp3) is 0.267. The van der Waals surface area contributed by atoms with Crippen molar-refractivity contribution in [2.24, 2.45) is 0 Å². The number of hydrogen-bond acceptors (Lipinski definition) is 4. The van der Waals surface area contributed by atoms with E-state index in [9.17, 15) is 22.8 Å². The van der Waals surface area contributed by atoms with E-state index in [1.54, 1.807) is 0 Å². The number of carbonyl (C=O) groups excluding carboxylic acids is 1. The number of amides is 1. The maximum absolute atomic E-state index is 12.7. The van der Waals surface area contributed by atoms with Gasteiger partial charge in [-0.3, -0.25) is 9.59 Å². The van der Waals surface area contributed by atoms with Crippen LogP contribution in [0.5, 0.6) is 0 Å². The van der Waals surface area contributed by atoms with Crippen LogP contribution in [0.3, 0.4) is 0 Å². The van der Waals surface area contributed by atoms with Crippen LogP contribution in [-0.4, -0.2) is 28.0 Å². The molecule has 1 heterocycles. The Labute approximate surface area is 134 Å². The lowest BCUT2D eigenvalue weighted by Crippen LogP contribution is -2.38. The number of aromatic nitrogens is 1. The maximum atomic E-state index is 12.7. The second-order valence-electron chi connectivity index (χ2n) is 5.04. The van der Waals surface area contributed by atoms with E-state index >= 15 is 0 Å². The lowest BCUT2D eigenvalue weighted by Gasteiger charge is -2.07. The SMILES string of the molecule is Cc1oc(-c2cccc(C(F)(F)F)c2)nc1C(=O)N[C@@H](C)C(=O)O. The smallest absolute Gasteiger partial charge is 0.416 e. The molecule has 9 heteroatoms. The number of aryl methyl sites for hydroxylation is 1. The number of benzene rings is 1. The predicted molar refractivity (Wildman–Crippen MR) is 76.2 cm³/mol. The molecule has 1 aromatic carbocycles. The number of nitrogens with one attached hydrogen (secondary N) is 1. The zero-order chi connectivity index (χ0) is 18.1. The van der Waals surface area contributed by atoms with Gasteiger partial charge in [0.1, 0.15) is 11.8 Å². The van der Waals surface area contributed by atoms with Crippen molar-refractivity contribution in [2.45, 2.75) is 26.1 Å². The molecule has 128 valence electrons. The van der Waals surface area contributed by atoms with Crippen molar-refractivity contribution < 1.29 is 32.3 Å². The first-order valence-electron chi connectivity index (χ1n) is 6.78. The van der Waals surface area contributed by atoms with Crippen LogP contribution in [0.25, 0.3) is 11.5 Å². The van der Waals surface area contributed by atoms with Gasteiger partial charge in [0.05, 0.1) is 5.56 Å². The third kappa shape index (κ3) is 3.73. The van der Waals surface area contributed by atoms with Gasteiger partial charge in [-0.15, -0.1) is 0 Å². The van der Waals surface area contributed by atoms with Crippen LogP contribution in [0.2, 0.25) is 0 Å². The molecule has 0 aliphatic heterocycles. The summed E-state index contributed by atoms with van der Waals surface area (Å²) in [5.74, 6) is -2.11. The topological polar surface area (TPSA) is 92.4 Å². The molecule has 24 heavy (non-hydrogen) atoms. The van der Waals surface area contributed by atoms with Gasteiger partial charge in [-0.05, 0) is 32.0 Å². The first-order valence-corrected chi connectivity index (χ1v) is 6.78. The summed E-state index contributed by atoms with van der Waals surface area (Å²) in [5.41, 5.74) is -1.00. The van der Waals surface area contributed by atoms with E-state index < -0.39 is 29.7 Å². The molecule has 0 bridgehead atoms. The van der Waals surface area contributed by atoms with Crippen LogP contribution in [0.4, 0.5) is 13.2 Å². The van der Waals surface area contributed by atoms with Crippen molar-refractivity contribution in [3.8, 4) is 11.5 Å². The van der Waals surface area contributed by atoms with Crippen molar-refractivity contribution in [1.82, 2.24) is 10.3 Å². The fourth-order valence-electron chi connectivity index (χ4n) is 1.89. The van der Waals surface area contributed by atoms with Gasteiger partial charge >= 0.3 is 12.1 Å². The molecule has 0 saturated heterocycles. The molecule has 2 aromatic rings. The van der Waals surface area contributed by atoms with Crippen LogP contribution in [0, 0.1) is 6.92 Å². The van der Waals surface area contributed by atoms with E-state index in [0.717, 1.165) is 12.1 Å². The van der Waals surface area contributed by atoms with Gasteiger partial charge in [0, 0.05) is 5.56 Å². The van der Waals surface area contributed by atoms with Gasteiger partial charge in [-0.25, -0.2) is 4.98 Å². The van der Waals surface area contributed by atoms with Crippen LogP contribution >= 0.6 is 0 Å². The monoisotopic (exact) mass is 342 g/mol. The number of halogens is 3. The fourth-order valence-corrected chi connectivity index (χ4v) is 1.89. The minimum absolute atomic E-state index is 0.0539. The number of carboxylic acid groups (broad SMARTS) is 1. The molecule has 1 atom stereocenters. The van der Waals surface area contributed by atoms with Gasteiger partial charge in [0.25, 0.3) is 5.91 Å².